The number of para-hydroxylation sites is 1. The predicted molar refractivity (Wildman–Crippen MR) is 134 cm³/mol. The molecule has 2 amide bonds. The molecule has 0 radical (unpaired) electrons. The number of carbonyl (C=O) groups excluding carboxylic acids is 2. The second-order valence-corrected chi connectivity index (χ2v) is 8.38. The molecule has 0 fully saturated rings. The zero-order chi connectivity index (χ0) is 25.3. The number of carbonyl (C=O) groups is 2. The molecule has 0 saturated heterocycles. The van der Waals surface area contributed by atoms with E-state index in [1.807, 2.05) is 6.07 Å². The highest BCUT2D eigenvalue weighted by Gasteiger charge is 2.32. The minimum Gasteiger partial charge on any atom is -0.482 e. The van der Waals surface area contributed by atoms with Gasteiger partial charge in [0.1, 0.15) is 23.4 Å². The molecule has 1 N–H and O–H groups in total. The fourth-order valence-corrected chi connectivity index (χ4v) is 3.88. The van der Waals surface area contributed by atoms with Crippen molar-refractivity contribution < 1.29 is 23.1 Å². The van der Waals surface area contributed by atoms with Gasteiger partial charge >= 0.3 is 0 Å². The maximum atomic E-state index is 13.5. The van der Waals surface area contributed by atoms with E-state index in [0.717, 1.165) is 0 Å². The molecule has 8 heteroatoms. The molecule has 0 aliphatic rings. The molecule has 1 heterocycles. The van der Waals surface area contributed by atoms with Crippen molar-refractivity contribution in [1.82, 2.24) is 10.2 Å². The first-order valence-electron chi connectivity index (χ1n) is 11.3. The summed E-state index contributed by atoms with van der Waals surface area (Å²) in [5.41, 5.74) is 1.27. The summed E-state index contributed by atoms with van der Waals surface area (Å²) in [5, 5.41) is 3.22. The Labute approximate surface area is 213 Å². The fraction of sp³-hybridized carbons (Fsp3) is 0.143. The lowest BCUT2D eigenvalue weighted by atomic mass is 10.0. The minimum absolute atomic E-state index is 0.0543. The van der Waals surface area contributed by atoms with Crippen LogP contribution in [0.5, 0.6) is 5.75 Å². The van der Waals surface area contributed by atoms with Crippen molar-refractivity contribution in [1.29, 1.82) is 0 Å². The summed E-state index contributed by atoms with van der Waals surface area (Å²) in [6.07, 6.45) is 1.52. The zero-order valence-corrected chi connectivity index (χ0v) is 20.0. The Hall–Kier alpha value is -4.10. The quantitative estimate of drug-likeness (QED) is 0.306. The second kappa shape index (κ2) is 12.0. The van der Waals surface area contributed by atoms with E-state index < -0.39 is 23.7 Å². The molecule has 0 saturated carbocycles. The summed E-state index contributed by atoms with van der Waals surface area (Å²) in [5.74, 6) is -0.303. The molecular weight excluding hydrogens is 483 g/mol. The van der Waals surface area contributed by atoms with Crippen LogP contribution in [-0.4, -0.2) is 23.3 Å². The number of furan rings is 1. The molecule has 1 aromatic heterocycles. The molecule has 4 aromatic rings. The third-order valence-corrected chi connectivity index (χ3v) is 5.78. The van der Waals surface area contributed by atoms with Crippen LogP contribution in [0.1, 0.15) is 22.9 Å². The average molecular weight is 507 g/mol. The van der Waals surface area contributed by atoms with E-state index in [-0.39, 0.29) is 19.7 Å². The van der Waals surface area contributed by atoms with Crippen LogP contribution in [0.2, 0.25) is 5.02 Å². The van der Waals surface area contributed by atoms with Gasteiger partial charge in [-0.15, -0.1) is 0 Å². The van der Waals surface area contributed by atoms with Crippen molar-refractivity contribution in [2.45, 2.75) is 19.1 Å². The smallest absolute Gasteiger partial charge is 0.261 e. The van der Waals surface area contributed by atoms with Gasteiger partial charge in [-0.3, -0.25) is 9.59 Å². The first kappa shape index (κ1) is 25.0. The molecule has 3 aromatic carbocycles. The summed E-state index contributed by atoms with van der Waals surface area (Å²) in [7, 11) is 0. The molecular formula is C28H24ClFN2O4. The van der Waals surface area contributed by atoms with E-state index in [2.05, 4.69) is 5.32 Å². The normalized spacial score (nSPS) is 11.5. The Kier molecular flexibility index (Phi) is 8.36. The van der Waals surface area contributed by atoms with Crippen LogP contribution in [0.25, 0.3) is 0 Å². The van der Waals surface area contributed by atoms with E-state index in [4.69, 9.17) is 20.8 Å². The number of hydrogen-bond donors (Lipinski definition) is 1. The van der Waals surface area contributed by atoms with E-state index in [1.165, 1.54) is 23.3 Å². The molecule has 4 rings (SSSR count). The van der Waals surface area contributed by atoms with Gasteiger partial charge in [-0.25, -0.2) is 4.39 Å². The Balaban J connectivity index is 1.63. The number of rotatable bonds is 10. The van der Waals surface area contributed by atoms with Crippen LogP contribution in [0.4, 0.5) is 4.39 Å². The molecule has 0 bridgehead atoms. The Morgan fingerprint density at radius 1 is 0.944 bits per heavy atom. The van der Waals surface area contributed by atoms with Crippen LogP contribution < -0.4 is 10.1 Å². The minimum atomic E-state index is -0.978. The number of ether oxygens (including phenoxy) is 1. The first-order valence-corrected chi connectivity index (χ1v) is 11.7. The maximum Gasteiger partial charge on any atom is 0.261 e. The van der Waals surface area contributed by atoms with Crippen molar-refractivity contribution in [3.8, 4) is 5.75 Å². The number of hydrogen-bond acceptors (Lipinski definition) is 4. The average Bonchev–Trinajstić information content (AvgIpc) is 3.42. The number of nitrogens with zero attached hydrogens (tertiary/aromatic N) is 1. The number of nitrogens with one attached hydrogen (secondary N) is 1. The van der Waals surface area contributed by atoms with Crippen LogP contribution in [-0.2, 0) is 22.7 Å². The lowest BCUT2D eigenvalue weighted by molar-refractivity contribution is -0.143. The predicted octanol–water partition coefficient (Wildman–Crippen LogP) is 5.54. The summed E-state index contributed by atoms with van der Waals surface area (Å²) < 4.78 is 24.5. The lowest BCUT2D eigenvalue weighted by Crippen LogP contribution is -2.45. The molecule has 184 valence electrons. The van der Waals surface area contributed by atoms with Gasteiger partial charge in [-0.2, -0.15) is 0 Å². The molecule has 6 nitrogen and oxygen atoms in total. The highest BCUT2D eigenvalue weighted by atomic mass is 35.5. The third kappa shape index (κ3) is 6.52. The van der Waals surface area contributed by atoms with Gasteiger partial charge < -0.3 is 19.4 Å². The Morgan fingerprint density at radius 3 is 2.36 bits per heavy atom. The van der Waals surface area contributed by atoms with Gasteiger partial charge in [-0.05, 0) is 47.5 Å². The topological polar surface area (TPSA) is 71.8 Å². The number of amides is 2. The van der Waals surface area contributed by atoms with E-state index in [1.54, 1.807) is 72.8 Å². The van der Waals surface area contributed by atoms with E-state index in [0.29, 0.717) is 27.7 Å². The summed E-state index contributed by atoms with van der Waals surface area (Å²) in [6, 6.07) is 24.1. The Morgan fingerprint density at radius 2 is 1.67 bits per heavy atom. The highest BCUT2D eigenvalue weighted by molar-refractivity contribution is 6.32. The van der Waals surface area contributed by atoms with Crippen LogP contribution >= 0.6 is 11.6 Å². The summed E-state index contributed by atoms with van der Waals surface area (Å²) in [4.78, 5) is 28.4. The van der Waals surface area contributed by atoms with Gasteiger partial charge in [-0.1, -0.05) is 66.2 Å². The van der Waals surface area contributed by atoms with Crippen molar-refractivity contribution in [2.75, 3.05) is 6.61 Å². The lowest BCUT2D eigenvalue weighted by Gasteiger charge is -2.31. The molecule has 0 unspecified atom stereocenters. The van der Waals surface area contributed by atoms with Crippen molar-refractivity contribution >= 4 is 23.4 Å². The zero-order valence-electron chi connectivity index (χ0n) is 19.3. The molecule has 0 aliphatic carbocycles. The standard InChI is InChI=1S/C28H24ClFN2O4/c29-24-10-4-5-11-25(24)36-19-26(33)32(18-20-12-14-22(30)15-13-20)27(21-7-2-1-3-8-21)28(34)31-17-23-9-6-16-35-23/h1-16,27H,17-19H2,(H,31,34)/t27-/m0/s1. The highest BCUT2D eigenvalue weighted by Crippen LogP contribution is 2.26. The summed E-state index contributed by atoms with van der Waals surface area (Å²) >= 11 is 6.17. The van der Waals surface area contributed by atoms with Gasteiger partial charge in [0.05, 0.1) is 17.8 Å². The van der Waals surface area contributed by atoms with E-state index in [9.17, 15) is 14.0 Å². The van der Waals surface area contributed by atoms with Gasteiger partial charge in [0.2, 0.25) is 5.91 Å². The van der Waals surface area contributed by atoms with Crippen LogP contribution in [0.15, 0.2) is 102 Å². The van der Waals surface area contributed by atoms with Crippen molar-refractivity contribution in [3.05, 3.63) is 125 Å². The maximum absolute atomic E-state index is 13.5. The van der Waals surface area contributed by atoms with Gasteiger partial charge in [0, 0.05) is 6.54 Å². The molecule has 1 atom stereocenters. The molecule has 0 spiro atoms. The largest absolute Gasteiger partial charge is 0.482 e. The number of halogens is 2. The van der Waals surface area contributed by atoms with E-state index >= 15 is 0 Å². The van der Waals surface area contributed by atoms with Crippen molar-refractivity contribution in [3.63, 3.8) is 0 Å². The van der Waals surface area contributed by atoms with Crippen LogP contribution in [0, 0.1) is 5.82 Å². The van der Waals surface area contributed by atoms with Gasteiger partial charge in [0.15, 0.2) is 6.61 Å². The molecule has 0 aliphatic heterocycles. The van der Waals surface area contributed by atoms with Crippen molar-refractivity contribution in [2.24, 2.45) is 0 Å². The monoisotopic (exact) mass is 506 g/mol. The second-order valence-electron chi connectivity index (χ2n) is 7.98. The SMILES string of the molecule is O=C(NCc1ccco1)[C@H](c1ccccc1)N(Cc1ccc(F)cc1)C(=O)COc1ccccc1Cl. The molecule has 36 heavy (non-hydrogen) atoms. The number of benzene rings is 3. The van der Waals surface area contributed by atoms with Crippen LogP contribution in [0.3, 0.4) is 0 Å². The third-order valence-electron chi connectivity index (χ3n) is 5.47. The first-order chi connectivity index (χ1) is 17.5. The fourth-order valence-electron chi connectivity index (χ4n) is 3.69. The summed E-state index contributed by atoms with van der Waals surface area (Å²) in [6.45, 7) is -0.137. The van der Waals surface area contributed by atoms with Gasteiger partial charge in [0.25, 0.3) is 5.91 Å². The Bertz CT molecular complexity index is 1280.